The van der Waals surface area contributed by atoms with E-state index in [9.17, 15) is 24.3 Å². The highest BCUT2D eigenvalue weighted by Gasteiger charge is 2.33. The van der Waals surface area contributed by atoms with Crippen LogP contribution in [0.3, 0.4) is 0 Å². The number of pyridine rings is 1. The number of nitrogens with zero attached hydrogens (tertiary/aromatic N) is 2. The third-order valence-electron chi connectivity index (χ3n) is 8.81. The van der Waals surface area contributed by atoms with Crippen molar-refractivity contribution in [2.24, 2.45) is 5.73 Å². The lowest BCUT2D eigenvalue weighted by Gasteiger charge is -2.37. The highest BCUT2D eigenvalue weighted by atomic mass is 16.3. The molecule has 0 saturated carbocycles. The zero-order chi connectivity index (χ0) is 35.4. The normalized spacial score (nSPS) is 18.1. The molecule has 1 aromatic heterocycles. The van der Waals surface area contributed by atoms with Gasteiger partial charge in [0, 0.05) is 17.5 Å². The predicted octanol–water partition coefficient (Wildman–Crippen LogP) is 3.63. The molecule has 1 fully saturated rings. The van der Waals surface area contributed by atoms with Crippen molar-refractivity contribution in [3.63, 3.8) is 0 Å². The summed E-state index contributed by atoms with van der Waals surface area (Å²) in [5.74, 6) is -2.13. The molecule has 0 spiro atoms. The second kappa shape index (κ2) is 17.9. The number of para-hydroxylation sites is 1. The second-order valence-electron chi connectivity index (χ2n) is 14.1. The number of carbonyl (C=O) groups excluding carboxylic acids is 4. The van der Waals surface area contributed by atoms with Gasteiger partial charge in [-0.15, -0.1) is 0 Å². The lowest BCUT2D eigenvalue weighted by Crippen LogP contribution is -2.57. The summed E-state index contributed by atoms with van der Waals surface area (Å²) in [6, 6.07) is 17.7. The molecule has 1 aliphatic heterocycles. The third-order valence-corrected chi connectivity index (χ3v) is 8.81. The first-order chi connectivity index (χ1) is 23.4. The average molecular weight is 673 g/mol. The first-order valence-electron chi connectivity index (χ1n) is 17.4. The van der Waals surface area contributed by atoms with Gasteiger partial charge in [-0.1, -0.05) is 86.7 Å². The predicted molar refractivity (Wildman–Crippen MR) is 190 cm³/mol. The third kappa shape index (κ3) is 11.9. The molecule has 2 aromatic carbocycles. The van der Waals surface area contributed by atoms with Gasteiger partial charge in [-0.3, -0.25) is 24.1 Å². The van der Waals surface area contributed by atoms with Gasteiger partial charge < -0.3 is 26.8 Å². The molecule has 4 rings (SSSR count). The number of aliphatic hydroxyl groups excluding tert-OH is 1. The fourth-order valence-electron chi connectivity index (χ4n) is 6.28. The fourth-order valence-corrected chi connectivity index (χ4v) is 6.28. The maximum Gasteiger partial charge on any atom is 0.270 e. The van der Waals surface area contributed by atoms with Crippen molar-refractivity contribution in [1.82, 2.24) is 25.8 Å². The topological polar surface area (TPSA) is 167 Å². The van der Waals surface area contributed by atoms with Gasteiger partial charge in [0.1, 0.15) is 11.7 Å². The van der Waals surface area contributed by atoms with Crippen molar-refractivity contribution >= 4 is 34.5 Å². The number of amides is 4. The summed E-state index contributed by atoms with van der Waals surface area (Å²) in [6.07, 6.45) is 5.71. The van der Waals surface area contributed by atoms with E-state index in [1.54, 1.807) is 18.2 Å². The highest BCUT2D eigenvalue weighted by Crippen LogP contribution is 2.20. The van der Waals surface area contributed by atoms with Crippen LogP contribution in [0.1, 0.15) is 88.2 Å². The van der Waals surface area contributed by atoms with Crippen LogP contribution in [0.25, 0.3) is 10.9 Å². The minimum Gasteiger partial charge on any atom is -0.390 e. The summed E-state index contributed by atoms with van der Waals surface area (Å²) in [4.78, 5) is 58.9. The van der Waals surface area contributed by atoms with E-state index >= 15 is 0 Å². The van der Waals surface area contributed by atoms with Crippen LogP contribution in [0.5, 0.6) is 0 Å². The van der Waals surface area contributed by atoms with E-state index in [0.29, 0.717) is 24.9 Å². The number of benzene rings is 2. The molecule has 11 nitrogen and oxygen atoms in total. The first kappa shape index (κ1) is 37.5. The Labute approximate surface area is 289 Å². The molecule has 1 aliphatic rings. The monoisotopic (exact) mass is 672 g/mol. The van der Waals surface area contributed by atoms with Crippen molar-refractivity contribution in [2.75, 3.05) is 13.1 Å². The van der Waals surface area contributed by atoms with Gasteiger partial charge in [0.2, 0.25) is 17.7 Å². The SMILES string of the molecule is CC(C)(C)NC(=O)[C@@H]1CCCCCCCCN1C[C@@H](O)[C@H](Cc1ccccc1)NC(=O)C[C@H](NC(=O)c1ccc2ccccc2n1)C(N)=O. The Balaban J connectivity index is 1.50. The Hall–Kier alpha value is -4.35. The maximum atomic E-state index is 13.6. The lowest BCUT2D eigenvalue weighted by molar-refractivity contribution is -0.130. The van der Waals surface area contributed by atoms with E-state index in [1.165, 1.54) is 0 Å². The van der Waals surface area contributed by atoms with E-state index < -0.39 is 53.9 Å². The van der Waals surface area contributed by atoms with Crippen LogP contribution < -0.4 is 21.7 Å². The summed E-state index contributed by atoms with van der Waals surface area (Å²) >= 11 is 0. The van der Waals surface area contributed by atoms with Crippen LogP contribution in [0.2, 0.25) is 0 Å². The van der Waals surface area contributed by atoms with Crippen molar-refractivity contribution in [2.45, 2.75) is 108 Å². The molecule has 0 aliphatic carbocycles. The van der Waals surface area contributed by atoms with Crippen LogP contribution in [0, 0.1) is 0 Å². The van der Waals surface area contributed by atoms with Crippen LogP contribution in [-0.4, -0.2) is 81.5 Å². The van der Waals surface area contributed by atoms with Gasteiger partial charge >= 0.3 is 0 Å². The molecule has 264 valence electrons. The standard InChI is InChI=1S/C38H52N6O5/c1-38(2,3)43-37(49)32-19-11-6-4-5-7-14-22-44(32)25-33(45)30(23-26-15-9-8-10-16-26)41-34(46)24-31(35(39)47)42-36(48)29-21-20-27-17-12-13-18-28(27)40-29/h8-10,12-13,15-18,20-21,30-33,45H,4-7,11,14,19,22-25H2,1-3H3,(H2,39,47)(H,41,46)(H,42,48)(H,43,49)/t30-,31-,32-,33+/m0/s1. The maximum absolute atomic E-state index is 13.6. The molecular weight excluding hydrogens is 620 g/mol. The molecule has 0 radical (unpaired) electrons. The van der Waals surface area contributed by atoms with Gasteiger partial charge in [-0.05, 0) is 64.3 Å². The molecule has 11 heteroatoms. The largest absolute Gasteiger partial charge is 0.390 e. The summed E-state index contributed by atoms with van der Waals surface area (Å²) in [5, 5.41) is 21.2. The Kier molecular flexibility index (Phi) is 13.7. The Morgan fingerprint density at radius 2 is 1.57 bits per heavy atom. The van der Waals surface area contributed by atoms with Gasteiger partial charge in [-0.2, -0.15) is 0 Å². The van der Waals surface area contributed by atoms with E-state index in [4.69, 9.17) is 5.73 Å². The number of hydrogen-bond donors (Lipinski definition) is 5. The summed E-state index contributed by atoms with van der Waals surface area (Å²) in [6.45, 7) is 6.68. The smallest absolute Gasteiger partial charge is 0.270 e. The highest BCUT2D eigenvalue weighted by molar-refractivity contribution is 5.98. The summed E-state index contributed by atoms with van der Waals surface area (Å²) in [5.41, 5.74) is 6.83. The van der Waals surface area contributed by atoms with Crippen LogP contribution >= 0.6 is 0 Å². The number of aromatic nitrogens is 1. The quantitative estimate of drug-likeness (QED) is 0.196. The van der Waals surface area contributed by atoms with Crippen LogP contribution in [0.15, 0.2) is 66.7 Å². The van der Waals surface area contributed by atoms with Gasteiger partial charge in [0.25, 0.3) is 5.91 Å². The van der Waals surface area contributed by atoms with Crippen molar-refractivity contribution in [1.29, 1.82) is 0 Å². The minimum atomic E-state index is -1.30. The van der Waals surface area contributed by atoms with Gasteiger partial charge in [-0.25, -0.2) is 4.98 Å². The number of β-amino-alcohol motifs (C(OH)–C–C–N with tert-alkyl or cyclic N) is 1. The number of fused-ring (bicyclic) bond motifs is 1. The number of aliphatic hydroxyl groups is 1. The average Bonchev–Trinajstić information content (AvgIpc) is 3.06. The molecule has 4 atom stereocenters. The van der Waals surface area contributed by atoms with Crippen molar-refractivity contribution < 1.29 is 24.3 Å². The Bertz CT molecular complexity index is 1560. The number of rotatable bonds is 12. The van der Waals surface area contributed by atoms with Crippen molar-refractivity contribution in [3.8, 4) is 0 Å². The van der Waals surface area contributed by atoms with E-state index in [-0.39, 0.29) is 18.1 Å². The van der Waals surface area contributed by atoms with Crippen LogP contribution in [-0.2, 0) is 20.8 Å². The van der Waals surface area contributed by atoms with E-state index in [0.717, 1.165) is 49.5 Å². The number of hydrogen-bond acceptors (Lipinski definition) is 7. The van der Waals surface area contributed by atoms with Crippen LogP contribution in [0.4, 0.5) is 0 Å². The Morgan fingerprint density at radius 1 is 0.898 bits per heavy atom. The van der Waals surface area contributed by atoms with Gasteiger partial charge in [0.15, 0.2) is 0 Å². The molecule has 0 unspecified atom stereocenters. The molecule has 2 heterocycles. The Morgan fingerprint density at radius 3 is 2.29 bits per heavy atom. The fraction of sp³-hybridized carbons (Fsp3) is 0.500. The number of nitrogens with one attached hydrogen (secondary N) is 3. The zero-order valence-corrected chi connectivity index (χ0v) is 29.0. The molecule has 1 saturated heterocycles. The molecule has 0 bridgehead atoms. The number of carbonyl (C=O) groups is 4. The minimum absolute atomic E-state index is 0.0649. The second-order valence-corrected chi connectivity index (χ2v) is 14.1. The van der Waals surface area contributed by atoms with Crippen molar-refractivity contribution in [3.05, 3.63) is 78.0 Å². The molecule has 6 N–H and O–H groups in total. The summed E-state index contributed by atoms with van der Waals surface area (Å²) < 4.78 is 0. The number of nitrogens with two attached hydrogens (primary N) is 1. The lowest BCUT2D eigenvalue weighted by atomic mass is 9.97. The van der Waals surface area contributed by atoms with Gasteiger partial charge in [0.05, 0.1) is 30.1 Å². The molecular formula is C38H52N6O5. The molecule has 49 heavy (non-hydrogen) atoms. The summed E-state index contributed by atoms with van der Waals surface area (Å²) in [7, 11) is 0. The molecule has 3 aromatic rings. The van der Waals surface area contributed by atoms with E-state index in [2.05, 4.69) is 25.8 Å². The molecule has 4 amide bonds. The van der Waals surface area contributed by atoms with E-state index in [1.807, 2.05) is 69.3 Å². The zero-order valence-electron chi connectivity index (χ0n) is 29.0. The first-order valence-corrected chi connectivity index (χ1v) is 17.4. The number of primary amides is 1.